The summed E-state index contributed by atoms with van der Waals surface area (Å²) in [5, 5.41) is 5.20. The predicted molar refractivity (Wildman–Crippen MR) is 96.8 cm³/mol. The molecule has 0 aliphatic carbocycles. The van der Waals surface area contributed by atoms with Crippen molar-refractivity contribution in [3.05, 3.63) is 82.4 Å². The Hall–Kier alpha value is -2.65. The summed E-state index contributed by atoms with van der Waals surface area (Å²) in [6, 6.07) is 18.4. The van der Waals surface area contributed by atoms with Crippen LogP contribution in [0.15, 0.2) is 60.7 Å². The van der Waals surface area contributed by atoms with Gasteiger partial charge in [-0.15, -0.1) is 0 Å². The van der Waals surface area contributed by atoms with Crippen LogP contribution < -0.4 is 5.32 Å². The van der Waals surface area contributed by atoms with Crippen LogP contribution in [0.5, 0.6) is 0 Å². The highest BCUT2D eigenvalue weighted by atomic mass is 35.5. The second-order valence-electron chi connectivity index (χ2n) is 5.50. The molecule has 0 bridgehead atoms. The normalized spacial score (nSPS) is 10.5. The third-order valence-corrected chi connectivity index (χ3v) is 4.19. The molecule has 1 amide bonds. The Bertz CT molecular complexity index is 888. The van der Waals surface area contributed by atoms with Crippen LogP contribution in [0, 0.1) is 0 Å². The van der Waals surface area contributed by atoms with Gasteiger partial charge in [-0.05, 0) is 41.0 Å². The third kappa shape index (κ3) is 3.47. The first kappa shape index (κ1) is 16.2. The van der Waals surface area contributed by atoms with Gasteiger partial charge in [0.15, 0.2) is 6.29 Å². The highest BCUT2D eigenvalue weighted by Gasteiger charge is 2.11. The van der Waals surface area contributed by atoms with E-state index in [1.807, 2.05) is 48.5 Å². The topological polar surface area (TPSA) is 46.2 Å². The van der Waals surface area contributed by atoms with Crippen LogP contribution in [-0.4, -0.2) is 18.7 Å². The Morgan fingerprint density at radius 2 is 1.67 bits per heavy atom. The fraction of sp³-hybridized carbons (Fsp3) is 0.100. The van der Waals surface area contributed by atoms with Gasteiger partial charge in [0.2, 0.25) is 0 Å². The van der Waals surface area contributed by atoms with Crippen LogP contribution in [0.4, 0.5) is 0 Å². The van der Waals surface area contributed by atoms with Gasteiger partial charge >= 0.3 is 0 Å². The Morgan fingerprint density at radius 1 is 0.958 bits per heavy atom. The van der Waals surface area contributed by atoms with Crippen molar-refractivity contribution in [2.24, 2.45) is 0 Å². The highest BCUT2D eigenvalue weighted by Crippen LogP contribution is 2.22. The zero-order chi connectivity index (χ0) is 16.9. The Balaban J connectivity index is 1.74. The molecule has 0 atom stereocenters. The van der Waals surface area contributed by atoms with Gasteiger partial charge in [0.1, 0.15) is 0 Å². The molecule has 3 aromatic carbocycles. The quantitative estimate of drug-likeness (QED) is 0.706. The molecule has 0 spiro atoms. The highest BCUT2D eigenvalue weighted by molar-refractivity contribution is 6.30. The number of aldehydes is 1. The summed E-state index contributed by atoms with van der Waals surface area (Å²) in [7, 11) is 0. The second-order valence-corrected chi connectivity index (χ2v) is 5.93. The van der Waals surface area contributed by atoms with Crippen LogP contribution in [-0.2, 0) is 6.42 Å². The molecule has 24 heavy (non-hydrogen) atoms. The number of hydrogen-bond donors (Lipinski definition) is 1. The van der Waals surface area contributed by atoms with Gasteiger partial charge in [-0.25, -0.2) is 0 Å². The molecule has 120 valence electrons. The standard InChI is InChI=1S/C20H16ClNO2/c21-16-8-5-14(6-9-16)11-12-22-20(24)19-10-7-15(13-23)17-3-1-2-4-18(17)19/h1-10,13H,11-12H2,(H,22,24). The van der Waals surface area contributed by atoms with E-state index in [0.29, 0.717) is 22.7 Å². The Kier molecular flexibility index (Phi) is 4.92. The molecule has 0 radical (unpaired) electrons. The minimum Gasteiger partial charge on any atom is -0.352 e. The van der Waals surface area contributed by atoms with Gasteiger partial charge in [0, 0.05) is 22.7 Å². The van der Waals surface area contributed by atoms with Crippen molar-refractivity contribution >= 4 is 34.6 Å². The van der Waals surface area contributed by atoms with Crippen LogP contribution in [0.1, 0.15) is 26.3 Å². The van der Waals surface area contributed by atoms with E-state index in [9.17, 15) is 9.59 Å². The van der Waals surface area contributed by atoms with E-state index in [1.165, 1.54) is 0 Å². The number of benzene rings is 3. The third-order valence-electron chi connectivity index (χ3n) is 3.94. The SMILES string of the molecule is O=Cc1ccc(C(=O)NCCc2ccc(Cl)cc2)c2ccccc12. The van der Waals surface area contributed by atoms with E-state index in [0.717, 1.165) is 29.0 Å². The lowest BCUT2D eigenvalue weighted by molar-refractivity contribution is 0.0955. The first-order valence-electron chi connectivity index (χ1n) is 7.68. The first-order chi connectivity index (χ1) is 11.7. The van der Waals surface area contributed by atoms with E-state index in [4.69, 9.17) is 11.6 Å². The second kappa shape index (κ2) is 7.28. The van der Waals surface area contributed by atoms with E-state index in [2.05, 4.69) is 5.32 Å². The molecule has 0 aromatic heterocycles. The smallest absolute Gasteiger partial charge is 0.251 e. The minimum absolute atomic E-state index is 0.141. The number of carbonyl (C=O) groups is 2. The predicted octanol–water partition coefficient (Wildman–Crippen LogP) is 4.28. The maximum absolute atomic E-state index is 12.5. The van der Waals surface area contributed by atoms with E-state index < -0.39 is 0 Å². The Labute approximate surface area is 145 Å². The summed E-state index contributed by atoms with van der Waals surface area (Å²) >= 11 is 5.86. The molecule has 0 unspecified atom stereocenters. The molecule has 0 saturated heterocycles. The maximum Gasteiger partial charge on any atom is 0.251 e. The minimum atomic E-state index is -0.141. The maximum atomic E-state index is 12.5. The van der Waals surface area contributed by atoms with Crippen molar-refractivity contribution < 1.29 is 9.59 Å². The molecule has 1 N–H and O–H groups in total. The molecule has 3 aromatic rings. The van der Waals surface area contributed by atoms with Crippen LogP contribution in [0.3, 0.4) is 0 Å². The van der Waals surface area contributed by atoms with Gasteiger partial charge in [-0.2, -0.15) is 0 Å². The molecule has 0 aliphatic rings. The summed E-state index contributed by atoms with van der Waals surface area (Å²) in [5.74, 6) is -0.141. The average Bonchev–Trinajstić information content (AvgIpc) is 2.62. The van der Waals surface area contributed by atoms with E-state index in [-0.39, 0.29) is 5.91 Å². The van der Waals surface area contributed by atoms with Crippen molar-refractivity contribution in [2.45, 2.75) is 6.42 Å². The average molecular weight is 338 g/mol. The fourth-order valence-corrected chi connectivity index (χ4v) is 2.82. The Morgan fingerprint density at radius 3 is 2.38 bits per heavy atom. The van der Waals surface area contributed by atoms with E-state index >= 15 is 0 Å². The van der Waals surface area contributed by atoms with Gasteiger partial charge in [-0.3, -0.25) is 9.59 Å². The molecular weight excluding hydrogens is 322 g/mol. The molecule has 0 heterocycles. The number of hydrogen-bond acceptors (Lipinski definition) is 2. The summed E-state index contributed by atoms with van der Waals surface area (Å²) in [5.41, 5.74) is 2.27. The number of carbonyl (C=O) groups excluding carboxylic acids is 2. The van der Waals surface area contributed by atoms with Crippen molar-refractivity contribution in [1.29, 1.82) is 0 Å². The van der Waals surface area contributed by atoms with Gasteiger partial charge in [0.25, 0.3) is 5.91 Å². The van der Waals surface area contributed by atoms with Gasteiger partial charge in [-0.1, -0.05) is 54.1 Å². The summed E-state index contributed by atoms with van der Waals surface area (Å²) in [6.07, 6.45) is 1.54. The zero-order valence-electron chi connectivity index (χ0n) is 13.0. The zero-order valence-corrected chi connectivity index (χ0v) is 13.7. The van der Waals surface area contributed by atoms with Gasteiger partial charge in [0.05, 0.1) is 0 Å². The monoisotopic (exact) mass is 337 g/mol. The largest absolute Gasteiger partial charge is 0.352 e. The van der Waals surface area contributed by atoms with Crippen LogP contribution >= 0.6 is 11.6 Å². The van der Waals surface area contributed by atoms with E-state index in [1.54, 1.807) is 12.1 Å². The number of rotatable bonds is 5. The van der Waals surface area contributed by atoms with Crippen molar-refractivity contribution in [3.8, 4) is 0 Å². The summed E-state index contributed by atoms with van der Waals surface area (Å²) in [6.45, 7) is 0.532. The molecule has 3 nitrogen and oxygen atoms in total. The lowest BCUT2D eigenvalue weighted by atomic mass is 9.99. The lowest BCUT2D eigenvalue weighted by Gasteiger charge is -2.09. The first-order valence-corrected chi connectivity index (χ1v) is 8.06. The number of amides is 1. The molecule has 3 rings (SSSR count). The number of halogens is 1. The summed E-state index contributed by atoms with van der Waals surface area (Å²) < 4.78 is 0. The van der Waals surface area contributed by atoms with Crippen molar-refractivity contribution in [2.75, 3.05) is 6.54 Å². The lowest BCUT2D eigenvalue weighted by Crippen LogP contribution is -2.26. The molecular formula is C20H16ClNO2. The van der Waals surface area contributed by atoms with Crippen molar-refractivity contribution in [3.63, 3.8) is 0 Å². The molecule has 0 fully saturated rings. The van der Waals surface area contributed by atoms with Crippen molar-refractivity contribution in [1.82, 2.24) is 5.32 Å². The number of fused-ring (bicyclic) bond motifs is 1. The van der Waals surface area contributed by atoms with Crippen LogP contribution in [0.2, 0.25) is 5.02 Å². The van der Waals surface area contributed by atoms with Gasteiger partial charge < -0.3 is 5.32 Å². The number of nitrogens with one attached hydrogen (secondary N) is 1. The molecule has 0 saturated carbocycles. The van der Waals surface area contributed by atoms with Crippen LogP contribution in [0.25, 0.3) is 10.8 Å². The fourth-order valence-electron chi connectivity index (χ4n) is 2.69. The molecule has 0 aliphatic heterocycles. The molecule has 4 heteroatoms. The summed E-state index contributed by atoms with van der Waals surface area (Å²) in [4.78, 5) is 23.6.